The van der Waals surface area contributed by atoms with Crippen LogP contribution >= 0.6 is 24.8 Å². The van der Waals surface area contributed by atoms with Gasteiger partial charge in [0.25, 0.3) is 0 Å². The van der Waals surface area contributed by atoms with Crippen LogP contribution in [0.5, 0.6) is 0 Å². The van der Waals surface area contributed by atoms with E-state index in [9.17, 15) is 9.59 Å². The average Bonchev–Trinajstić information content (AvgIpc) is 3.11. The van der Waals surface area contributed by atoms with Gasteiger partial charge in [-0.1, -0.05) is 26.7 Å². The first kappa shape index (κ1) is 25.3. The van der Waals surface area contributed by atoms with Crippen LogP contribution < -0.4 is 5.73 Å². The fourth-order valence-electron chi connectivity index (χ4n) is 4.63. The van der Waals surface area contributed by atoms with Gasteiger partial charge in [0.05, 0.1) is 12.6 Å². The van der Waals surface area contributed by atoms with Crippen molar-refractivity contribution in [3.05, 3.63) is 0 Å². The molecular formula is C19H36Cl2N4O3. The number of carbonyl (C=O) groups is 2. The lowest BCUT2D eigenvalue weighted by atomic mass is 9.90. The zero-order valence-corrected chi connectivity index (χ0v) is 18.9. The lowest BCUT2D eigenvalue weighted by Crippen LogP contribution is -2.52. The van der Waals surface area contributed by atoms with Gasteiger partial charge in [0.15, 0.2) is 0 Å². The first-order valence-corrected chi connectivity index (χ1v) is 10.1. The Hall–Kier alpha value is -0.760. The van der Waals surface area contributed by atoms with Crippen LogP contribution in [0.4, 0.5) is 4.79 Å². The minimum Gasteiger partial charge on any atom is -0.441 e. The van der Waals surface area contributed by atoms with E-state index in [0.717, 1.165) is 45.2 Å². The van der Waals surface area contributed by atoms with Gasteiger partial charge in [0.1, 0.15) is 5.60 Å². The molecule has 0 bridgehead atoms. The van der Waals surface area contributed by atoms with Gasteiger partial charge >= 0.3 is 6.09 Å². The van der Waals surface area contributed by atoms with E-state index >= 15 is 0 Å². The van der Waals surface area contributed by atoms with Crippen LogP contribution in [-0.2, 0) is 9.53 Å². The largest absolute Gasteiger partial charge is 0.441 e. The van der Waals surface area contributed by atoms with Crippen LogP contribution in [0.25, 0.3) is 0 Å². The summed E-state index contributed by atoms with van der Waals surface area (Å²) in [5, 5.41) is 0. The first-order valence-electron chi connectivity index (χ1n) is 10.1. The molecule has 3 heterocycles. The second-order valence-corrected chi connectivity index (χ2v) is 8.39. The molecule has 0 saturated carbocycles. The molecule has 9 heteroatoms. The van der Waals surface area contributed by atoms with E-state index in [1.165, 1.54) is 0 Å². The summed E-state index contributed by atoms with van der Waals surface area (Å²) in [7, 11) is 1.97. The third-order valence-corrected chi connectivity index (χ3v) is 6.53. The molecule has 0 aromatic heterocycles. The van der Waals surface area contributed by atoms with E-state index in [-0.39, 0.29) is 48.9 Å². The highest BCUT2D eigenvalue weighted by Crippen LogP contribution is 2.34. The molecule has 0 aromatic carbocycles. The Morgan fingerprint density at radius 1 is 1.25 bits per heavy atom. The summed E-state index contributed by atoms with van der Waals surface area (Å²) in [6, 6.07) is -0.0175. The number of hydrogen-bond donors (Lipinski definition) is 1. The highest BCUT2D eigenvalue weighted by atomic mass is 35.5. The van der Waals surface area contributed by atoms with Gasteiger partial charge in [0.2, 0.25) is 5.91 Å². The van der Waals surface area contributed by atoms with E-state index in [0.29, 0.717) is 25.6 Å². The van der Waals surface area contributed by atoms with Gasteiger partial charge in [-0.2, -0.15) is 0 Å². The number of carbonyl (C=O) groups excluding carboxylic acids is 2. The second kappa shape index (κ2) is 10.3. The number of nitrogens with zero attached hydrogens (tertiary/aromatic N) is 3. The summed E-state index contributed by atoms with van der Waals surface area (Å²) < 4.78 is 5.80. The zero-order chi connectivity index (χ0) is 18.9. The minimum atomic E-state index is -0.405. The second-order valence-electron chi connectivity index (χ2n) is 8.39. The number of halogens is 2. The summed E-state index contributed by atoms with van der Waals surface area (Å²) in [4.78, 5) is 31.0. The molecule has 3 saturated heterocycles. The van der Waals surface area contributed by atoms with Crippen LogP contribution in [0.15, 0.2) is 0 Å². The van der Waals surface area contributed by atoms with Gasteiger partial charge in [0, 0.05) is 45.1 Å². The van der Waals surface area contributed by atoms with E-state index in [1.54, 1.807) is 0 Å². The molecule has 2 N–H and O–H groups in total. The quantitative estimate of drug-likeness (QED) is 0.710. The summed E-state index contributed by atoms with van der Waals surface area (Å²) in [5.74, 6) is 0.704. The summed E-state index contributed by atoms with van der Waals surface area (Å²) in [6.45, 7) is 7.87. The van der Waals surface area contributed by atoms with Crippen LogP contribution in [0, 0.1) is 5.92 Å². The maximum Gasteiger partial charge on any atom is 0.410 e. The SMILES string of the molecule is CCC(CC)CN1CC2(CCN(C(=O)[C@@H]3C[C@H](N)CN3C)CC2)OC1=O.Cl.Cl. The predicted molar refractivity (Wildman–Crippen MR) is 114 cm³/mol. The molecule has 7 nitrogen and oxygen atoms in total. The van der Waals surface area contributed by atoms with Crippen LogP contribution in [0.3, 0.4) is 0 Å². The molecule has 3 aliphatic rings. The van der Waals surface area contributed by atoms with Crippen molar-refractivity contribution < 1.29 is 14.3 Å². The molecule has 3 fully saturated rings. The molecule has 3 aliphatic heterocycles. The molecule has 0 aliphatic carbocycles. The summed E-state index contributed by atoms with van der Waals surface area (Å²) >= 11 is 0. The molecule has 2 atom stereocenters. The Morgan fingerprint density at radius 2 is 1.86 bits per heavy atom. The lowest BCUT2D eigenvalue weighted by molar-refractivity contribution is -0.139. The van der Waals surface area contributed by atoms with Gasteiger partial charge in [-0.15, -0.1) is 24.8 Å². The number of amides is 2. The predicted octanol–water partition coefficient (Wildman–Crippen LogP) is 2.11. The molecular weight excluding hydrogens is 403 g/mol. The number of likely N-dealkylation sites (N-methyl/N-ethyl adjacent to an activating group) is 1. The Bertz CT molecular complexity index is 539. The Morgan fingerprint density at radius 3 is 2.36 bits per heavy atom. The Labute approximate surface area is 181 Å². The third kappa shape index (κ3) is 5.23. The van der Waals surface area contributed by atoms with Gasteiger partial charge in [-0.3, -0.25) is 9.69 Å². The number of nitrogens with two attached hydrogens (primary N) is 1. The lowest BCUT2D eigenvalue weighted by Gasteiger charge is -2.39. The summed E-state index contributed by atoms with van der Waals surface area (Å²) in [6.07, 6.45) is 4.16. The van der Waals surface area contributed by atoms with Crippen molar-refractivity contribution in [1.82, 2.24) is 14.7 Å². The molecule has 1 spiro atoms. The van der Waals surface area contributed by atoms with Crippen LogP contribution in [0.2, 0.25) is 0 Å². The monoisotopic (exact) mass is 438 g/mol. The van der Waals surface area contributed by atoms with Gasteiger partial charge < -0.3 is 20.3 Å². The number of piperidine rings is 1. The Kier molecular flexibility index (Phi) is 9.32. The fourth-order valence-corrected chi connectivity index (χ4v) is 4.63. The molecule has 0 aromatic rings. The number of rotatable bonds is 5. The van der Waals surface area contributed by atoms with Crippen molar-refractivity contribution in [1.29, 1.82) is 0 Å². The third-order valence-electron chi connectivity index (χ3n) is 6.53. The van der Waals surface area contributed by atoms with E-state index < -0.39 is 5.60 Å². The average molecular weight is 439 g/mol. The molecule has 164 valence electrons. The first-order chi connectivity index (χ1) is 12.4. The Balaban J connectivity index is 0.00000196. The highest BCUT2D eigenvalue weighted by Gasteiger charge is 2.48. The van der Waals surface area contributed by atoms with E-state index in [2.05, 4.69) is 18.7 Å². The van der Waals surface area contributed by atoms with Crippen molar-refractivity contribution in [3.63, 3.8) is 0 Å². The van der Waals surface area contributed by atoms with Crippen molar-refractivity contribution >= 4 is 36.8 Å². The number of likely N-dealkylation sites (tertiary alicyclic amines) is 2. The smallest absolute Gasteiger partial charge is 0.410 e. The standard InChI is InChI=1S/C19H34N4O3.2ClH/c1-4-14(5-2)11-23-13-19(26-18(23)25)6-8-22(9-7-19)17(24)16-10-15(20)12-21(16)3;;/h14-16H,4-13,20H2,1-3H3;2*1H/t15-,16-;;/m0../s1. The maximum absolute atomic E-state index is 12.8. The van der Waals surface area contributed by atoms with Gasteiger partial charge in [-0.05, 0) is 19.4 Å². The minimum absolute atomic E-state index is 0. The van der Waals surface area contributed by atoms with E-state index in [4.69, 9.17) is 10.5 Å². The van der Waals surface area contributed by atoms with Crippen LogP contribution in [0.1, 0.15) is 46.0 Å². The number of ether oxygens (including phenoxy) is 1. The summed E-state index contributed by atoms with van der Waals surface area (Å²) in [5.41, 5.74) is 5.59. The maximum atomic E-state index is 12.8. The fraction of sp³-hybridized carbons (Fsp3) is 0.895. The molecule has 0 unspecified atom stereocenters. The zero-order valence-electron chi connectivity index (χ0n) is 17.3. The van der Waals surface area contributed by atoms with E-state index in [1.807, 2.05) is 16.8 Å². The molecule has 2 amide bonds. The molecule has 28 heavy (non-hydrogen) atoms. The molecule has 3 rings (SSSR count). The number of hydrogen-bond acceptors (Lipinski definition) is 5. The van der Waals surface area contributed by atoms with Crippen molar-refractivity contribution in [3.8, 4) is 0 Å². The van der Waals surface area contributed by atoms with Crippen LogP contribution in [-0.4, -0.2) is 84.2 Å². The van der Waals surface area contributed by atoms with Crippen molar-refractivity contribution in [2.75, 3.05) is 39.8 Å². The van der Waals surface area contributed by atoms with Gasteiger partial charge in [-0.25, -0.2) is 4.79 Å². The highest BCUT2D eigenvalue weighted by molar-refractivity contribution is 5.85. The van der Waals surface area contributed by atoms with Crippen molar-refractivity contribution in [2.24, 2.45) is 11.7 Å². The molecule has 0 radical (unpaired) electrons. The normalized spacial score (nSPS) is 27.0. The topological polar surface area (TPSA) is 79.1 Å². The van der Waals surface area contributed by atoms with Crippen molar-refractivity contribution in [2.45, 2.75) is 63.6 Å².